The van der Waals surface area contributed by atoms with Gasteiger partial charge < -0.3 is 4.74 Å². The molecule has 0 aliphatic carbocycles. The Labute approximate surface area is 139 Å². The Morgan fingerprint density at radius 3 is 2.87 bits per heavy atom. The number of hydrogen-bond donors (Lipinski definition) is 0. The number of fused-ring (bicyclic) bond motifs is 1. The molecule has 0 unspecified atom stereocenters. The zero-order valence-corrected chi connectivity index (χ0v) is 14.8. The van der Waals surface area contributed by atoms with Gasteiger partial charge in [0.25, 0.3) is 0 Å². The van der Waals surface area contributed by atoms with Crippen molar-refractivity contribution in [3.05, 3.63) is 29.8 Å². The standard InChI is InChI=1S/C17H26N2O3S/c1-14-5-3-6-15(11-14)23(20,21)10-4-7-19-12-16-17(13-19)22-9-8-18(16)2/h3,5-6,11,16-17H,4,7-10,12-13H2,1-2H3/t16-,17-/m1/s1. The van der Waals surface area contributed by atoms with Crippen LogP contribution in [-0.2, 0) is 14.6 Å². The second-order valence-corrected chi connectivity index (χ2v) is 8.81. The van der Waals surface area contributed by atoms with Gasteiger partial charge in [0.1, 0.15) is 0 Å². The third-order valence-corrected chi connectivity index (χ3v) is 6.69. The number of likely N-dealkylation sites (N-methyl/N-ethyl adjacent to an activating group) is 1. The lowest BCUT2D eigenvalue weighted by atomic mass is 10.1. The van der Waals surface area contributed by atoms with Gasteiger partial charge in [0.05, 0.1) is 23.4 Å². The Morgan fingerprint density at radius 2 is 2.13 bits per heavy atom. The van der Waals surface area contributed by atoms with E-state index in [9.17, 15) is 8.42 Å². The Bertz CT molecular complexity index is 647. The lowest BCUT2D eigenvalue weighted by Gasteiger charge is -2.33. The van der Waals surface area contributed by atoms with Crippen molar-refractivity contribution >= 4 is 9.84 Å². The first-order valence-electron chi connectivity index (χ1n) is 8.29. The van der Waals surface area contributed by atoms with E-state index in [2.05, 4.69) is 16.8 Å². The van der Waals surface area contributed by atoms with Crippen LogP contribution in [0.3, 0.4) is 0 Å². The molecule has 0 radical (unpaired) electrons. The van der Waals surface area contributed by atoms with Crippen LogP contribution in [0.15, 0.2) is 29.2 Å². The van der Waals surface area contributed by atoms with Crippen LogP contribution >= 0.6 is 0 Å². The molecule has 2 heterocycles. The van der Waals surface area contributed by atoms with Crippen LogP contribution in [0.25, 0.3) is 0 Å². The van der Waals surface area contributed by atoms with Crippen LogP contribution in [0, 0.1) is 6.92 Å². The molecule has 2 fully saturated rings. The first-order valence-corrected chi connectivity index (χ1v) is 9.94. The molecule has 0 amide bonds. The predicted octanol–water partition coefficient (Wildman–Crippen LogP) is 1.17. The van der Waals surface area contributed by atoms with Gasteiger partial charge in [-0.05, 0) is 44.6 Å². The van der Waals surface area contributed by atoms with Gasteiger partial charge in [-0.3, -0.25) is 9.80 Å². The number of benzene rings is 1. The van der Waals surface area contributed by atoms with Gasteiger partial charge in [-0.1, -0.05) is 12.1 Å². The van der Waals surface area contributed by atoms with Crippen LogP contribution in [0.1, 0.15) is 12.0 Å². The molecular formula is C17H26N2O3S. The fourth-order valence-electron chi connectivity index (χ4n) is 3.52. The van der Waals surface area contributed by atoms with E-state index < -0.39 is 9.84 Å². The molecule has 2 aliphatic heterocycles. The smallest absolute Gasteiger partial charge is 0.178 e. The minimum atomic E-state index is -3.18. The van der Waals surface area contributed by atoms with E-state index in [1.165, 1.54) is 0 Å². The maximum atomic E-state index is 12.4. The Hall–Kier alpha value is -0.950. The summed E-state index contributed by atoms with van der Waals surface area (Å²) in [7, 11) is -1.03. The fourth-order valence-corrected chi connectivity index (χ4v) is 4.92. The minimum Gasteiger partial charge on any atom is -0.374 e. The summed E-state index contributed by atoms with van der Waals surface area (Å²) in [6, 6.07) is 7.62. The molecule has 0 N–H and O–H groups in total. The molecule has 1 aromatic rings. The van der Waals surface area contributed by atoms with Gasteiger partial charge >= 0.3 is 0 Å². The van der Waals surface area contributed by atoms with Gasteiger partial charge in [0.2, 0.25) is 0 Å². The number of morpholine rings is 1. The van der Waals surface area contributed by atoms with Crippen molar-refractivity contribution in [3.8, 4) is 0 Å². The predicted molar refractivity (Wildman–Crippen MR) is 90.4 cm³/mol. The van der Waals surface area contributed by atoms with Crippen molar-refractivity contribution in [2.24, 2.45) is 0 Å². The molecule has 2 saturated heterocycles. The van der Waals surface area contributed by atoms with E-state index in [1.807, 2.05) is 13.0 Å². The van der Waals surface area contributed by atoms with Gasteiger partial charge in [-0.2, -0.15) is 0 Å². The fraction of sp³-hybridized carbons (Fsp3) is 0.647. The summed E-state index contributed by atoms with van der Waals surface area (Å²) < 4.78 is 30.7. The lowest BCUT2D eigenvalue weighted by Crippen LogP contribution is -2.48. The van der Waals surface area contributed by atoms with Crippen molar-refractivity contribution in [3.63, 3.8) is 0 Å². The zero-order valence-electron chi connectivity index (χ0n) is 13.9. The van der Waals surface area contributed by atoms with Gasteiger partial charge in [-0.25, -0.2) is 8.42 Å². The average Bonchev–Trinajstić information content (AvgIpc) is 2.91. The SMILES string of the molecule is Cc1cccc(S(=O)(=O)CCCN2C[C@@H]3[C@@H](C2)OCCN3C)c1. The molecule has 0 bridgehead atoms. The third-order valence-electron chi connectivity index (χ3n) is 4.89. The van der Waals surface area contributed by atoms with E-state index in [1.54, 1.807) is 18.2 Å². The maximum Gasteiger partial charge on any atom is 0.178 e. The van der Waals surface area contributed by atoms with Crippen molar-refractivity contribution in [1.29, 1.82) is 0 Å². The zero-order chi connectivity index (χ0) is 16.4. The van der Waals surface area contributed by atoms with Crippen LogP contribution < -0.4 is 0 Å². The molecule has 0 spiro atoms. The molecule has 3 rings (SSSR count). The van der Waals surface area contributed by atoms with Crippen molar-refractivity contribution in [2.75, 3.05) is 45.6 Å². The topological polar surface area (TPSA) is 49.9 Å². The van der Waals surface area contributed by atoms with E-state index in [-0.39, 0.29) is 11.9 Å². The molecule has 23 heavy (non-hydrogen) atoms. The van der Waals surface area contributed by atoms with Crippen LogP contribution in [0.2, 0.25) is 0 Å². The third kappa shape index (κ3) is 3.94. The van der Waals surface area contributed by atoms with E-state index in [4.69, 9.17) is 4.74 Å². The van der Waals surface area contributed by atoms with Gasteiger partial charge in [-0.15, -0.1) is 0 Å². The summed E-state index contributed by atoms with van der Waals surface area (Å²) in [4.78, 5) is 5.14. The minimum absolute atomic E-state index is 0.207. The molecule has 0 saturated carbocycles. The first-order chi connectivity index (χ1) is 11.0. The molecule has 2 aliphatic rings. The normalized spacial score (nSPS) is 26.3. The van der Waals surface area contributed by atoms with Crippen LogP contribution in [0.5, 0.6) is 0 Å². The Balaban J connectivity index is 1.52. The quantitative estimate of drug-likeness (QED) is 0.807. The summed E-state index contributed by atoms with van der Waals surface area (Å²) >= 11 is 0. The lowest BCUT2D eigenvalue weighted by molar-refractivity contribution is -0.0369. The largest absolute Gasteiger partial charge is 0.374 e. The number of likely N-dealkylation sites (tertiary alicyclic amines) is 1. The molecule has 6 heteroatoms. The van der Waals surface area contributed by atoms with Gasteiger partial charge in [0.15, 0.2) is 9.84 Å². The molecule has 1 aromatic carbocycles. The highest BCUT2D eigenvalue weighted by atomic mass is 32.2. The number of hydrogen-bond acceptors (Lipinski definition) is 5. The molecule has 0 aromatic heterocycles. The van der Waals surface area contributed by atoms with Crippen molar-refractivity contribution < 1.29 is 13.2 Å². The molecular weight excluding hydrogens is 312 g/mol. The highest BCUT2D eigenvalue weighted by Crippen LogP contribution is 2.22. The summed E-state index contributed by atoms with van der Waals surface area (Å²) in [6.45, 7) is 6.41. The van der Waals surface area contributed by atoms with E-state index in [0.717, 1.165) is 38.3 Å². The summed E-state index contributed by atoms with van der Waals surface area (Å²) in [5.41, 5.74) is 0.981. The summed E-state index contributed by atoms with van der Waals surface area (Å²) in [5.74, 6) is 0.207. The number of nitrogens with zero attached hydrogens (tertiary/aromatic N) is 2. The molecule has 128 valence electrons. The van der Waals surface area contributed by atoms with Crippen LogP contribution in [-0.4, -0.2) is 75.9 Å². The number of rotatable bonds is 5. The van der Waals surface area contributed by atoms with Crippen LogP contribution in [0.4, 0.5) is 0 Å². The maximum absolute atomic E-state index is 12.4. The molecule has 2 atom stereocenters. The summed E-state index contributed by atoms with van der Waals surface area (Å²) in [5, 5.41) is 0. The Morgan fingerprint density at radius 1 is 1.30 bits per heavy atom. The van der Waals surface area contributed by atoms with E-state index in [0.29, 0.717) is 17.4 Å². The number of ether oxygens (including phenoxy) is 1. The van der Waals surface area contributed by atoms with E-state index >= 15 is 0 Å². The van der Waals surface area contributed by atoms with Gasteiger partial charge in [0, 0.05) is 25.7 Å². The van der Waals surface area contributed by atoms with Crippen molar-refractivity contribution in [1.82, 2.24) is 9.80 Å². The molecule has 5 nitrogen and oxygen atoms in total. The van der Waals surface area contributed by atoms with Crippen molar-refractivity contribution in [2.45, 2.75) is 30.4 Å². The average molecular weight is 338 g/mol. The second-order valence-electron chi connectivity index (χ2n) is 6.71. The Kier molecular flexibility index (Phi) is 5.06. The number of aryl methyl sites for hydroxylation is 1. The highest BCUT2D eigenvalue weighted by molar-refractivity contribution is 7.91. The number of sulfone groups is 1. The summed E-state index contributed by atoms with van der Waals surface area (Å²) in [6.07, 6.45) is 0.946. The monoisotopic (exact) mass is 338 g/mol. The second kappa shape index (κ2) is 6.89. The highest BCUT2D eigenvalue weighted by Gasteiger charge is 2.38. The first kappa shape index (κ1) is 16.9.